The number of hydrogen-bond donors (Lipinski definition) is 2. The summed E-state index contributed by atoms with van der Waals surface area (Å²) in [6.07, 6.45) is 1.41. The average molecular weight is 270 g/mol. The average Bonchev–Trinajstić information content (AvgIpc) is 2.28. The number of aromatic hydroxyl groups is 1. The Morgan fingerprint density at radius 1 is 1.41 bits per heavy atom. The zero-order valence-corrected chi connectivity index (χ0v) is 10.6. The lowest BCUT2D eigenvalue weighted by Crippen LogP contribution is -1.93. The fourth-order valence-electron chi connectivity index (χ4n) is 1.44. The Labute approximate surface area is 105 Å². The second-order valence-electron chi connectivity index (χ2n) is 3.20. The van der Waals surface area contributed by atoms with Crippen molar-refractivity contribution in [3.8, 4) is 5.75 Å². The first-order chi connectivity index (χ1) is 8.13. The Hall–Kier alpha value is -1.18. The molecule has 2 rings (SSSR count). The molecule has 1 aromatic heterocycles. The highest BCUT2D eigenvalue weighted by Crippen LogP contribution is 2.30. The van der Waals surface area contributed by atoms with Crippen LogP contribution in [0, 0.1) is 0 Å². The molecule has 0 aliphatic heterocycles. The van der Waals surface area contributed by atoms with E-state index < -0.39 is 11.1 Å². The van der Waals surface area contributed by atoms with Gasteiger partial charge in [-0.2, -0.15) is 0 Å². The molecule has 0 bridgehead atoms. The van der Waals surface area contributed by atoms with Crippen molar-refractivity contribution in [3.05, 3.63) is 18.5 Å². The SMILES string of the molecule is CCSc1ncnc2cc(O)c(S(=O)O)cc12. The predicted molar refractivity (Wildman–Crippen MR) is 66.6 cm³/mol. The van der Waals surface area contributed by atoms with Gasteiger partial charge in [0.1, 0.15) is 22.0 Å². The van der Waals surface area contributed by atoms with Crippen LogP contribution in [-0.2, 0) is 11.1 Å². The molecule has 17 heavy (non-hydrogen) atoms. The predicted octanol–water partition coefficient (Wildman–Crippen LogP) is 2.03. The van der Waals surface area contributed by atoms with Crippen LogP contribution in [0.1, 0.15) is 6.92 Å². The lowest BCUT2D eigenvalue weighted by atomic mass is 10.2. The fourth-order valence-corrected chi connectivity index (χ4v) is 2.61. The fraction of sp³-hybridized carbons (Fsp3) is 0.200. The normalized spacial score (nSPS) is 12.8. The van der Waals surface area contributed by atoms with Crippen molar-refractivity contribution in [2.75, 3.05) is 5.75 Å². The van der Waals surface area contributed by atoms with Gasteiger partial charge in [0.15, 0.2) is 11.1 Å². The van der Waals surface area contributed by atoms with Gasteiger partial charge in [0.2, 0.25) is 0 Å². The van der Waals surface area contributed by atoms with Crippen LogP contribution in [0.25, 0.3) is 10.9 Å². The minimum absolute atomic E-state index is 0.0229. The van der Waals surface area contributed by atoms with Crippen LogP contribution in [0.5, 0.6) is 5.75 Å². The Kier molecular flexibility index (Phi) is 3.60. The van der Waals surface area contributed by atoms with E-state index in [0.29, 0.717) is 10.9 Å². The highest BCUT2D eigenvalue weighted by atomic mass is 32.2. The lowest BCUT2D eigenvalue weighted by Gasteiger charge is -2.06. The maximum absolute atomic E-state index is 11.0. The van der Waals surface area contributed by atoms with E-state index >= 15 is 0 Å². The van der Waals surface area contributed by atoms with Gasteiger partial charge < -0.3 is 9.66 Å². The minimum Gasteiger partial charge on any atom is -0.507 e. The molecule has 1 unspecified atom stereocenters. The first-order valence-electron chi connectivity index (χ1n) is 4.85. The van der Waals surface area contributed by atoms with E-state index in [0.717, 1.165) is 10.8 Å². The summed E-state index contributed by atoms with van der Waals surface area (Å²) in [5.74, 6) is 0.606. The zero-order chi connectivity index (χ0) is 12.4. The van der Waals surface area contributed by atoms with Gasteiger partial charge >= 0.3 is 0 Å². The molecule has 90 valence electrons. The van der Waals surface area contributed by atoms with E-state index in [4.69, 9.17) is 4.55 Å². The minimum atomic E-state index is -2.22. The monoisotopic (exact) mass is 270 g/mol. The van der Waals surface area contributed by atoms with Gasteiger partial charge in [-0.25, -0.2) is 14.2 Å². The van der Waals surface area contributed by atoms with Crippen molar-refractivity contribution in [1.82, 2.24) is 9.97 Å². The maximum atomic E-state index is 11.0. The summed E-state index contributed by atoms with van der Waals surface area (Å²) in [5.41, 5.74) is 0.558. The van der Waals surface area contributed by atoms with Crippen LogP contribution >= 0.6 is 11.8 Å². The summed E-state index contributed by atoms with van der Waals surface area (Å²) in [5, 5.41) is 11.0. The smallest absolute Gasteiger partial charge is 0.190 e. The Morgan fingerprint density at radius 2 is 2.18 bits per heavy atom. The Morgan fingerprint density at radius 3 is 2.82 bits per heavy atom. The van der Waals surface area contributed by atoms with Crippen LogP contribution in [-0.4, -0.2) is 29.6 Å². The molecule has 1 heterocycles. The van der Waals surface area contributed by atoms with Gasteiger partial charge in [-0.05, 0) is 11.8 Å². The van der Waals surface area contributed by atoms with E-state index in [1.165, 1.54) is 30.2 Å². The van der Waals surface area contributed by atoms with Gasteiger partial charge in [-0.1, -0.05) is 6.92 Å². The third-order valence-electron chi connectivity index (χ3n) is 2.15. The van der Waals surface area contributed by atoms with E-state index in [9.17, 15) is 9.32 Å². The van der Waals surface area contributed by atoms with Gasteiger partial charge in [0, 0.05) is 11.5 Å². The number of benzene rings is 1. The molecule has 2 aromatic rings. The van der Waals surface area contributed by atoms with Crippen molar-refractivity contribution < 1.29 is 13.9 Å². The number of fused-ring (bicyclic) bond motifs is 1. The third kappa shape index (κ3) is 2.41. The Balaban J connectivity index is 2.71. The second-order valence-corrected chi connectivity index (χ2v) is 5.39. The molecule has 1 aromatic carbocycles. The summed E-state index contributed by atoms with van der Waals surface area (Å²) in [7, 11) is 0. The van der Waals surface area contributed by atoms with E-state index in [1.807, 2.05) is 6.92 Å². The number of nitrogens with zero attached hydrogens (tertiary/aromatic N) is 2. The molecule has 0 spiro atoms. The van der Waals surface area contributed by atoms with Gasteiger partial charge in [0.05, 0.1) is 5.52 Å². The van der Waals surface area contributed by atoms with Crippen LogP contribution in [0.3, 0.4) is 0 Å². The quantitative estimate of drug-likeness (QED) is 0.504. The van der Waals surface area contributed by atoms with Crippen LogP contribution in [0.15, 0.2) is 28.4 Å². The largest absolute Gasteiger partial charge is 0.507 e. The number of phenolic OH excluding ortho intramolecular Hbond substituents is 1. The van der Waals surface area contributed by atoms with Gasteiger partial charge in [0.25, 0.3) is 0 Å². The van der Waals surface area contributed by atoms with E-state index in [2.05, 4.69) is 9.97 Å². The number of aromatic nitrogens is 2. The van der Waals surface area contributed by atoms with E-state index in [-0.39, 0.29) is 10.6 Å². The van der Waals surface area contributed by atoms with Crippen LogP contribution in [0.4, 0.5) is 0 Å². The number of rotatable bonds is 3. The molecule has 5 nitrogen and oxygen atoms in total. The Bertz CT molecular complexity index is 589. The van der Waals surface area contributed by atoms with Crippen LogP contribution < -0.4 is 0 Å². The molecule has 2 N–H and O–H groups in total. The molecule has 0 saturated carbocycles. The van der Waals surface area contributed by atoms with Crippen LogP contribution in [0.2, 0.25) is 0 Å². The van der Waals surface area contributed by atoms with Crippen molar-refractivity contribution in [3.63, 3.8) is 0 Å². The van der Waals surface area contributed by atoms with Crippen molar-refractivity contribution in [1.29, 1.82) is 0 Å². The molecule has 0 amide bonds. The number of thioether (sulfide) groups is 1. The summed E-state index contributed by atoms with van der Waals surface area (Å²) in [6.45, 7) is 1.99. The van der Waals surface area contributed by atoms with Crippen molar-refractivity contribution in [2.45, 2.75) is 16.8 Å². The topological polar surface area (TPSA) is 83.3 Å². The molecule has 1 atom stereocenters. The standard InChI is InChI=1S/C10H10N2O3S2/c1-2-16-10-6-3-9(17(14)15)8(13)4-7(6)11-5-12-10/h3-5,13H,2H2,1H3,(H,14,15). The first kappa shape index (κ1) is 12.3. The highest BCUT2D eigenvalue weighted by Gasteiger charge is 2.12. The molecular weight excluding hydrogens is 260 g/mol. The molecule has 0 radical (unpaired) electrons. The maximum Gasteiger partial charge on any atom is 0.190 e. The third-order valence-corrected chi connectivity index (χ3v) is 3.74. The highest BCUT2D eigenvalue weighted by molar-refractivity contribution is 7.99. The molecular formula is C10H10N2O3S2. The van der Waals surface area contributed by atoms with Gasteiger partial charge in [-0.3, -0.25) is 0 Å². The molecule has 0 fully saturated rings. The summed E-state index contributed by atoms with van der Waals surface area (Å²) in [6, 6.07) is 2.83. The van der Waals surface area contributed by atoms with Crippen molar-refractivity contribution >= 4 is 33.7 Å². The van der Waals surface area contributed by atoms with Crippen molar-refractivity contribution in [2.24, 2.45) is 0 Å². The number of hydrogen-bond acceptors (Lipinski definition) is 5. The molecule has 0 aliphatic rings. The summed E-state index contributed by atoms with van der Waals surface area (Å²) in [4.78, 5) is 8.11. The first-order valence-corrected chi connectivity index (χ1v) is 6.94. The zero-order valence-electron chi connectivity index (χ0n) is 8.95. The molecule has 0 saturated heterocycles. The van der Waals surface area contributed by atoms with E-state index in [1.54, 1.807) is 0 Å². The summed E-state index contributed by atoms with van der Waals surface area (Å²) < 4.78 is 20.1. The lowest BCUT2D eigenvalue weighted by molar-refractivity contribution is 0.458. The molecule has 7 heteroatoms. The number of phenols is 1. The van der Waals surface area contributed by atoms with Gasteiger partial charge in [-0.15, -0.1) is 11.8 Å². The molecule has 0 aliphatic carbocycles. The summed E-state index contributed by atoms with van der Waals surface area (Å²) >= 11 is -0.706. The second kappa shape index (κ2) is 4.99.